The number of hydrogen-bond donors (Lipinski definition) is 2. The third kappa shape index (κ3) is 3.24. The molecular weight excluding hydrogens is 262 g/mol. The van der Waals surface area contributed by atoms with Crippen molar-refractivity contribution in [3.8, 4) is 0 Å². The van der Waals surface area contributed by atoms with Gasteiger partial charge in [-0.15, -0.1) is 0 Å². The molecule has 1 aliphatic carbocycles. The molecule has 0 radical (unpaired) electrons. The molecule has 0 bridgehead atoms. The molecule has 0 aliphatic heterocycles. The summed E-state index contributed by atoms with van der Waals surface area (Å²) in [5, 5.41) is 14.4. The van der Waals surface area contributed by atoms with Crippen molar-refractivity contribution in [2.45, 2.75) is 25.7 Å². The van der Waals surface area contributed by atoms with Gasteiger partial charge in [-0.25, -0.2) is 0 Å². The fourth-order valence-corrected chi connectivity index (χ4v) is 2.90. The first-order valence-corrected chi connectivity index (χ1v) is 7.57. The van der Waals surface area contributed by atoms with Crippen LogP contribution in [0, 0.1) is 5.41 Å². The van der Waals surface area contributed by atoms with E-state index in [4.69, 9.17) is 5.11 Å². The van der Waals surface area contributed by atoms with Gasteiger partial charge in [0.05, 0.1) is 6.42 Å². The molecule has 21 heavy (non-hydrogen) atoms. The second-order valence-corrected chi connectivity index (χ2v) is 6.07. The Balaban J connectivity index is 1.64. The summed E-state index contributed by atoms with van der Waals surface area (Å²) in [6, 6.07) is 14.2. The molecule has 0 atom stereocenters. The SMILES string of the molecule is O=C(Cc1cccc2ccccc12)NCC1(CCO)CC1. The Kier molecular flexibility index (Phi) is 3.93. The van der Waals surface area contributed by atoms with E-state index in [1.807, 2.05) is 24.3 Å². The molecule has 1 fully saturated rings. The van der Waals surface area contributed by atoms with Crippen molar-refractivity contribution in [3.63, 3.8) is 0 Å². The summed E-state index contributed by atoms with van der Waals surface area (Å²) in [4.78, 5) is 12.2. The van der Waals surface area contributed by atoms with E-state index in [1.54, 1.807) is 0 Å². The van der Waals surface area contributed by atoms with Crippen molar-refractivity contribution in [3.05, 3.63) is 48.0 Å². The highest BCUT2D eigenvalue weighted by atomic mass is 16.3. The molecule has 3 nitrogen and oxygen atoms in total. The van der Waals surface area contributed by atoms with Crippen LogP contribution in [0.2, 0.25) is 0 Å². The minimum atomic E-state index is 0.0653. The van der Waals surface area contributed by atoms with Crippen molar-refractivity contribution < 1.29 is 9.90 Å². The molecule has 0 spiro atoms. The highest BCUT2D eigenvalue weighted by molar-refractivity contribution is 5.90. The second-order valence-electron chi connectivity index (χ2n) is 6.07. The molecule has 2 aromatic rings. The van der Waals surface area contributed by atoms with Crippen LogP contribution in [0.5, 0.6) is 0 Å². The van der Waals surface area contributed by atoms with Crippen LogP contribution in [0.4, 0.5) is 0 Å². The summed E-state index contributed by atoms with van der Waals surface area (Å²) in [6.45, 7) is 0.899. The van der Waals surface area contributed by atoms with Gasteiger partial charge in [0.15, 0.2) is 0 Å². The van der Waals surface area contributed by atoms with Crippen LogP contribution in [0.15, 0.2) is 42.5 Å². The number of benzene rings is 2. The Hall–Kier alpha value is -1.87. The molecule has 0 heterocycles. The number of rotatable bonds is 6. The number of fused-ring (bicyclic) bond motifs is 1. The van der Waals surface area contributed by atoms with Crippen LogP contribution >= 0.6 is 0 Å². The van der Waals surface area contributed by atoms with Gasteiger partial charge < -0.3 is 10.4 Å². The van der Waals surface area contributed by atoms with Gasteiger partial charge in [-0.2, -0.15) is 0 Å². The molecule has 110 valence electrons. The number of aliphatic hydroxyl groups excluding tert-OH is 1. The van der Waals surface area contributed by atoms with Gasteiger partial charge in [0.2, 0.25) is 5.91 Å². The maximum absolute atomic E-state index is 12.2. The van der Waals surface area contributed by atoms with Gasteiger partial charge in [-0.1, -0.05) is 42.5 Å². The molecule has 0 aromatic heterocycles. The molecule has 3 rings (SSSR count). The Morgan fingerprint density at radius 3 is 2.67 bits per heavy atom. The molecule has 3 heteroatoms. The first-order valence-electron chi connectivity index (χ1n) is 7.57. The maximum atomic E-state index is 12.2. The summed E-state index contributed by atoms with van der Waals surface area (Å²) in [7, 11) is 0. The summed E-state index contributed by atoms with van der Waals surface area (Å²) < 4.78 is 0. The van der Waals surface area contributed by atoms with Crippen molar-refractivity contribution in [1.82, 2.24) is 5.32 Å². The number of carbonyl (C=O) groups excluding carboxylic acids is 1. The predicted octanol–water partition coefficient (Wildman–Crippen LogP) is 2.66. The van der Waals surface area contributed by atoms with Crippen molar-refractivity contribution in [1.29, 1.82) is 0 Å². The zero-order valence-electron chi connectivity index (χ0n) is 12.1. The van der Waals surface area contributed by atoms with E-state index in [-0.39, 0.29) is 17.9 Å². The quantitative estimate of drug-likeness (QED) is 0.856. The number of nitrogens with one attached hydrogen (secondary N) is 1. The van der Waals surface area contributed by atoms with E-state index in [9.17, 15) is 4.79 Å². The number of hydrogen-bond acceptors (Lipinski definition) is 2. The van der Waals surface area contributed by atoms with Crippen molar-refractivity contribution in [2.75, 3.05) is 13.2 Å². The average molecular weight is 283 g/mol. The fraction of sp³-hybridized carbons (Fsp3) is 0.389. The van der Waals surface area contributed by atoms with E-state index in [0.717, 1.165) is 30.2 Å². The first kappa shape index (κ1) is 14.1. The lowest BCUT2D eigenvalue weighted by molar-refractivity contribution is -0.120. The Bertz CT molecular complexity index is 641. The summed E-state index contributed by atoms with van der Waals surface area (Å²) in [5.74, 6) is 0.0653. The monoisotopic (exact) mass is 283 g/mol. The topological polar surface area (TPSA) is 49.3 Å². The predicted molar refractivity (Wildman–Crippen MR) is 84.0 cm³/mol. The van der Waals surface area contributed by atoms with Gasteiger partial charge in [-0.05, 0) is 41.0 Å². The zero-order chi connectivity index (χ0) is 14.7. The van der Waals surface area contributed by atoms with Gasteiger partial charge >= 0.3 is 0 Å². The van der Waals surface area contributed by atoms with Crippen LogP contribution in [0.1, 0.15) is 24.8 Å². The Morgan fingerprint density at radius 1 is 1.14 bits per heavy atom. The summed E-state index contributed by atoms with van der Waals surface area (Å²) in [6.07, 6.45) is 3.43. The van der Waals surface area contributed by atoms with Crippen LogP contribution < -0.4 is 5.32 Å². The molecule has 0 saturated heterocycles. The second kappa shape index (κ2) is 5.86. The van der Waals surface area contributed by atoms with Gasteiger partial charge in [0, 0.05) is 13.2 Å². The number of carbonyl (C=O) groups is 1. The molecule has 2 N–H and O–H groups in total. The standard InChI is InChI=1S/C18H21NO2/c20-11-10-18(8-9-18)13-19-17(21)12-15-6-3-5-14-4-1-2-7-16(14)15/h1-7,20H,8-13H2,(H,19,21). The minimum absolute atomic E-state index is 0.0653. The smallest absolute Gasteiger partial charge is 0.224 e. The third-order valence-electron chi connectivity index (χ3n) is 4.49. The van der Waals surface area contributed by atoms with Crippen molar-refractivity contribution >= 4 is 16.7 Å². The van der Waals surface area contributed by atoms with Crippen LogP contribution in [0.25, 0.3) is 10.8 Å². The van der Waals surface area contributed by atoms with Crippen molar-refractivity contribution in [2.24, 2.45) is 5.41 Å². The summed E-state index contributed by atoms with van der Waals surface area (Å²) >= 11 is 0. The molecule has 2 aromatic carbocycles. The van der Waals surface area contributed by atoms with Crippen LogP contribution in [-0.2, 0) is 11.2 Å². The minimum Gasteiger partial charge on any atom is -0.396 e. The van der Waals surface area contributed by atoms with E-state index < -0.39 is 0 Å². The number of amides is 1. The molecule has 1 amide bonds. The van der Waals surface area contributed by atoms with E-state index in [2.05, 4.69) is 23.5 Å². The molecule has 1 saturated carbocycles. The highest BCUT2D eigenvalue weighted by Crippen LogP contribution is 2.47. The lowest BCUT2D eigenvalue weighted by Crippen LogP contribution is -2.31. The average Bonchev–Trinajstić information content (AvgIpc) is 3.26. The van der Waals surface area contributed by atoms with Gasteiger partial charge in [0.25, 0.3) is 0 Å². The van der Waals surface area contributed by atoms with E-state index in [0.29, 0.717) is 13.0 Å². The largest absolute Gasteiger partial charge is 0.396 e. The van der Waals surface area contributed by atoms with Gasteiger partial charge in [0.1, 0.15) is 0 Å². The normalized spacial score (nSPS) is 15.9. The Labute approximate surface area is 125 Å². The zero-order valence-corrected chi connectivity index (χ0v) is 12.1. The Morgan fingerprint density at radius 2 is 1.90 bits per heavy atom. The van der Waals surface area contributed by atoms with Crippen LogP contribution in [0.3, 0.4) is 0 Å². The molecular formula is C18H21NO2. The fourth-order valence-electron chi connectivity index (χ4n) is 2.90. The lowest BCUT2D eigenvalue weighted by Gasteiger charge is -2.15. The lowest BCUT2D eigenvalue weighted by atomic mass is 10.0. The van der Waals surface area contributed by atoms with E-state index in [1.165, 1.54) is 5.39 Å². The maximum Gasteiger partial charge on any atom is 0.224 e. The van der Waals surface area contributed by atoms with E-state index >= 15 is 0 Å². The van der Waals surface area contributed by atoms with Crippen LogP contribution in [-0.4, -0.2) is 24.2 Å². The highest BCUT2D eigenvalue weighted by Gasteiger charge is 2.41. The number of aliphatic hydroxyl groups is 1. The summed E-state index contributed by atoms with van der Waals surface area (Å²) in [5.41, 5.74) is 1.24. The third-order valence-corrected chi connectivity index (χ3v) is 4.49. The molecule has 1 aliphatic rings. The van der Waals surface area contributed by atoms with Gasteiger partial charge in [-0.3, -0.25) is 4.79 Å². The first-order chi connectivity index (χ1) is 10.2. The molecule has 0 unspecified atom stereocenters.